The summed E-state index contributed by atoms with van der Waals surface area (Å²) >= 11 is 11.2. The van der Waals surface area contributed by atoms with Crippen LogP contribution in [0.5, 0.6) is 0 Å². The molecule has 0 aliphatic heterocycles. The number of benzene rings is 2. The number of sulfonamides is 1. The third kappa shape index (κ3) is 5.84. The highest BCUT2D eigenvalue weighted by Gasteiger charge is 2.16. The Morgan fingerprint density at radius 2 is 1.96 bits per heavy atom. The van der Waals surface area contributed by atoms with E-state index in [-0.39, 0.29) is 10.9 Å². The number of anilines is 2. The van der Waals surface area contributed by atoms with E-state index in [0.29, 0.717) is 28.1 Å². The Kier molecular flexibility index (Phi) is 7.22. The van der Waals surface area contributed by atoms with E-state index >= 15 is 0 Å². The van der Waals surface area contributed by atoms with Crippen LogP contribution in [-0.4, -0.2) is 33.3 Å². The van der Waals surface area contributed by atoms with Crippen molar-refractivity contribution in [3.63, 3.8) is 0 Å². The molecule has 0 aromatic heterocycles. The van der Waals surface area contributed by atoms with Gasteiger partial charge in [-0.15, -0.1) is 0 Å². The second kappa shape index (κ2) is 9.18. The Labute approximate surface area is 163 Å². The fourth-order valence-corrected chi connectivity index (χ4v) is 3.85. The quantitative estimate of drug-likeness (QED) is 0.603. The largest absolute Gasteiger partial charge is 0.383 e. The molecular weight excluding hydrogens is 394 g/mol. The van der Waals surface area contributed by atoms with Crippen molar-refractivity contribution in [2.45, 2.75) is 17.9 Å². The van der Waals surface area contributed by atoms with Gasteiger partial charge in [0, 0.05) is 18.8 Å². The zero-order valence-electron chi connectivity index (χ0n) is 14.3. The minimum atomic E-state index is -3.78. The van der Waals surface area contributed by atoms with Crippen molar-refractivity contribution in [2.75, 3.05) is 23.8 Å². The minimum Gasteiger partial charge on any atom is -0.383 e. The molecule has 140 valence electrons. The van der Waals surface area contributed by atoms with Gasteiger partial charge in [0.05, 0.1) is 22.2 Å². The molecule has 0 fully saturated rings. The normalized spacial score (nSPS) is 12.3. The van der Waals surface area contributed by atoms with Crippen molar-refractivity contribution in [3.05, 3.63) is 53.6 Å². The van der Waals surface area contributed by atoms with Gasteiger partial charge in [0.15, 0.2) is 5.11 Å². The lowest BCUT2D eigenvalue weighted by atomic mass is 10.3. The summed E-state index contributed by atoms with van der Waals surface area (Å²) in [5, 5.41) is 6.71. The number of halogens is 1. The predicted molar refractivity (Wildman–Crippen MR) is 109 cm³/mol. The van der Waals surface area contributed by atoms with E-state index < -0.39 is 10.0 Å². The van der Waals surface area contributed by atoms with Crippen molar-refractivity contribution >= 4 is 50.3 Å². The van der Waals surface area contributed by atoms with E-state index in [2.05, 4.69) is 15.4 Å². The standard InChI is InChI=1S/C17H20ClN3O3S2/c1-12(11-24-2)19-17(25)20-13-6-5-7-14(10-13)26(22,23)21-16-9-4-3-8-15(16)18/h3-10,12,21H,11H2,1-2H3,(H2,19,20,25). The number of hydrogen-bond acceptors (Lipinski definition) is 4. The van der Waals surface area contributed by atoms with Crippen LogP contribution in [0.2, 0.25) is 5.02 Å². The van der Waals surface area contributed by atoms with Crippen LogP contribution in [-0.2, 0) is 14.8 Å². The van der Waals surface area contributed by atoms with Crippen LogP contribution in [0, 0.1) is 0 Å². The summed E-state index contributed by atoms with van der Waals surface area (Å²) in [6.07, 6.45) is 0. The number of methoxy groups -OCH3 is 1. The number of rotatable bonds is 7. The second-order valence-electron chi connectivity index (χ2n) is 5.57. The molecule has 2 aromatic carbocycles. The van der Waals surface area contributed by atoms with Gasteiger partial charge in [-0.25, -0.2) is 8.42 Å². The summed E-state index contributed by atoms with van der Waals surface area (Å²) in [6, 6.07) is 13.0. The molecule has 2 rings (SSSR count). The Balaban J connectivity index is 2.12. The summed E-state index contributed by atoms with van der Waals surface area (Å²) in [7, 11) is -2.18. The molecule has 1 unspecified atom stereocenters. The average Bonchev–Trinajstić information content (AvgIpc) is 2.57. The maximum absolute atomic E-state index is 12.6. The highest BCUT2D eigenvalue weighted by Crippen LogP contribution is 2.24. The highest BCUT2D eigenvalue weighted by atomic mass is 35.5. The molecule has 1 atom stereocenters. The van der Waals surface area contributed by atoms with Gasteiger partial charge in [0.1, 0.15) is 0 Å². The summed E-state index contributed by atoms with van der Waals surface area (Å²) < 4.78 is 32.7. The minimum absolute atomic E-state index is 0.0220. The van der Waals surface area contributed by atoms with Gasteiger partial charge >= 0.3 is 0 Å². The first kappa shape index (κ1) is 20.4. The fourth-order valence-electron chi connectivity index (χ4n) is 2.17. The van der Waals surface area contributed by atoms with Crippen molar-refractivity contribution in [2.24, 2.45) is 0 Å². The monoisotopic (exact) mass is 413 g/mol. The molecule has 3 N–H and O–H groups in total. The van der Waals surface area contributed by atoms with E-state index in [0.717, 1.165) is 0 Å². The highest BCUT2D eigenvalue weighted by molar-refractivity contribution is 7.92. The molecule has 0 heterocycles. The Morgan fingerprint density at radius 3 is 2.65 bits per heavy atom. The van der Waals surface area contributed by atoms with Gasteiger partial charge in [-0.3, -0.25) is 4.72 Å². The number of thiocarbonyl (C=S) groups is 1. The number of para-hydroxylation sites is 1. The molecule has 0 spiro atoms. The average molecular weight is 414 g/mol. The summed E-state index contributed by atoms with van der Waals surface area (Å²) in [5.74, 6) is 0. The van der Waals surface area contributed by atoms with Gasteiger partial charge < -0.3 is 15.4 Å². The molecule has 0 saturated carbocycles. The van der Waals surface area contributed by atoms with Crippen LogP contribution < -0.4 is 15.4 Å². The van der Waals surface area contributed by atoms with Crippen molar-refractivity contribution in [1.29, 1.82) is 0 Å². The third-order valence-corrected chi connectivity index (χ3v) is 5.23. The van der Waals surface area contributed by atoms with Gasteiger partial charge in [-0.05, 0) is 49.5 Å². The summed E-state index contributed by atoms with van der Waals surface area (Å²) in [5.41, 5.74) is 0.868. The van der Waals surface area contributed by atoms with Crippen molar-refractivity contribution in [3.8, 4) is 0 Å². The van der Waals surface area contributed by atoms with Crippen LogP contribution in [0.4, 0.5) is 11.4 Å². The zero-order chi connectivity index (χ0) is 19.2. The second-order valence-corrected chi connectivity index (χ2v) is 8.07. The van der Waals surface area contributed by atoms with Gasteiger partial charge in [0.25, 0.3) is 10.0 Å². The van der Waals surface area contributed by atoms with Crippen molar-refractivity contribution in [1.82, 2.24) is 5.32 Å². The van der Waals surface area contributed by atoms with E-state index in [4.69, 9.17) is 28.6 Å². The lowest BCUT2D eigenvalue weighted by molar-refractivity contribution is 0.179. The zero-order valence-corrected chi connectivity index (χ0v) is 16.7. The fraction of sp³-hybridized carbons (Fsp3) is 0.235. The molecule has 26 heavy (non-hydrogen) atoms. The molecule has 6 nitrogen and oxygen atoms in total. The maximum atomic E-state index is 12.6. The van der Waals surface area contributed by atoms with E-state index in [1.165, 1.54) is 12.1 Å². The van der Waals surface area contributed by atoms with Crippen LogP contribution in [0.15, 0.2) is 53.4 Å². The summed E-state index contributed by atoms with van der Waals surface area (Å²) in [4.78, 5) is 0.0927. The molecule has 0 radical (unpaired) electrons. The molecule has 0 amide bonds. The van der Waals surface area contributed by atoms with Crippen molar-refractivity contribution < 1.29 is 13.2 Å². The number of hydrogen-bond donors (Lipinski definition) is 3. The Hall–Kier alpha value is -1.87. The molecule has 0 aliphatic rings. The molecule has 0 saturated heterocycles. The lowest BCUT2D eigenvalue weighted by Gasteiger charge is -2.16. The first-order valence-corrected chi connectivity index (χ1v) is 10.0. The summed E-state index contributed by atoms with van der Waals surface area (Å²) in [6.45, 7) is 2.42. The predicted octanol–water partition coefficient (Wildman–Crippen LogP) is 3.46. The van der Waals surface area contributed by atoms with Crippen LogP contribution in [0.3, 0.4) is 0 Å². The number of nitrogens with one attached hydrogen (secondary N) is 3. The topological polar surface area (TPSA) is 79.5 Å². The van der Waals surface area contributed by atoms with E-state index in [1.807, 2.05) is 6.92 Å². The first-order valence-electron chi connectivity index (χ1n) is 7.75. The maximum Gasteiger partial charge on any atom is 0.262 e. The lowest BCUT2D eigenvalue weighted by Crippen LogP contribution is -2.38. The van der Waals surface area contributed by atoms with E-state index in [1.54, 1.807) is 43.5 Å². The molecule has 2 aromatic rings. The van der Waals surface area contributed by atoms with Crippen LogP contribution in [0.25, 0.3) is 0 Å². The Bertz CT molecular complexity index is 875. The van der Waals surface area contributed by atoms with E-state index in [9.17, 15) is 8.42 Å². The molecular formula is C17H20ClN3O3S2. The number of ether oxygens (including phenoxy) is 1. The van der Waals surface area contributed by atoms with Crippen LogP contribution >= 0.6 is 23.8 Å². The smallest absolute Gasteiger partial charge is 0.262 e. The first-order chi connectivity index (χ1) is 12.3. The molecule has 0 aliphatic carbocycles. The van der Waals surface area contributed by atoms with Gasteiger partial charge in [0.2, 0.25) is 0 Å². The molecule has 9 heteroatoms. The molecule has 0 bridgehead atoms. The van der Waals surface area contributed by atoms with Crippen LogP contribution in [0.1, 0.15) is 6.92 Å². The Morgan fingerprint density at radius 1 is 1.23 bits per heavy atom. The third-order valence-electron chi connectivity index (χ3n) is 3.31. The van der Waals surface area contributed by atoms with Gasteiger partial charge in [-0.2, -0.15) is 0 Å². The van der Waals surface area contributed by atoms with Gasteiger partial charge in [-0.1, -0.05) is 29.8 Å². The SMILES string of the molecule is COCC(C)NC(=S)Nc1cccc(S(=O)(=O)Nc2ccccc2Cl)c1.